The van der Waals surface area contributed by atoms with Crippen LogP contribution in [0.5, 0.6) is 0 Å². The molecule has 0 aliphatic carbocycles. The Hall–Kier alpha value is -3.19. The van der Waals surface area contributed by atoms with E-state index in [2.05, 4.69) is 44.0 Å². The molecule has 0 amide bonds. The molecule has 1 unspecified atom stereocenters. The molecule has 7 heteroatoms. The molecule has 1 N–H and O–H groups in total. The number of methoxy groups -OCH3 is 1. The van der Waals surface area contributed by atoms with E-state index < -0.39 is 5.97 Å². The first-order valence-electron chi connectivity index (χ1n) is 9.21. The van der Waals surface area contributed by atoms with Gasteiger partial charge in [-0.05, 0) is 43.3 Å². The van der Waals surface area contributed by atoms with E-state index in [9.17, 15) is 4.79 Å². The number of hydrogen-bond acceptors (Lipinski definition) is 7. The van der Waals surface area contributed by atoms with Gasteiger partial charge in [0.15, 0.2) is 0 Å². The number of fused-ring (bicyclic) bond motifs is 1. The van der Waals surface area contributed by atoms with Crippen molar-refractivity contribution in [2.24, 2.45) is 0 Å². The van der Waals surface area contributed by atoms with Gasteiger partial charge in [0.05, 0.1) is 37.2 Å². The number of rotatable bonds is 4. The number of anilines is 3. The Bertz CT molecular complexity index is 991. The Morgan fingerprint density at radius 1 is 1.25 bits per heavy atom. The lowest BCUT2D eigenvalue weighted by molar-refractivity contribution is 0.0532. The Morgan fingerprint density at radius 2 is 2.14 bits per heavy atom. The number of carbonyl (C=O) groups is 1. The zero-order valence-electron chi connectivity index (χ0n) is 15.9. The van der Waals surface area contributed by atoms with Crippen LogP contribution in [0.1, 0.15) is 17.4 Å². The topological polar surface area (TPSA) is 76.6 Å². The zero-order valence-corrected chi connectivity index (χ0v) is 15.9. The molecule has 1 fully saturated rings. The third kappa shape index (κ3) is 3.75. The summed E-state index contributed by atoms with van der Waals surface area (Å²) in [7, 11) is 1.34. The van der Waals surface area contributed by atoms with Crippen LogP contribution < -0.4 is 10.2 Å². The Morgan fingerprint density at radius 3 is 2.89 bits per heavy atom. The van der Waals surface area contributed by atoms with Crippen molar-refractivity contribution in [1.82, 2.24) is 9.97 Å². The largest absolute Gasteiger partial charge is 0.464 e. The maximum absolute atomic E-state index is 11.5. The fourth-order valence-corrected chi connectivity index (χ4v) is 3.34. The van der Waals surface area contributed by atoms with Gasteiger partial charge in [0.2, 0.25) is 0 Å². The molecule has 1 aliphatic rings. The molecule has 1 saturated heterocycles. The summed E-state index contributed by atoms with van der Waals surface area (Å²) in [6.45, 7) is 4.56. The number of pyridine rings is 2. The molecule has 7 nitrogen and oxygen atoms in total. The average Bonchev–Trinajstić information content (AvgIpc) is 2.73. The molecular weight excluding hydrogens is 356 g/mol. The summed E-state index contributed by atoms with van der Waals surface area (Å²) >= 11 is 0. The summed E-state index contributed by atoms with van der Waals surface area (Å²) < 4.78 is 10.3. The number of ether oxygens (including phenoxy) is 2. The number of hydrogen-bond donors (Lipinski definition) is 1. The molecule has 2 aromatic heterocycles. The van der Waals surface area contributed by atoms with Gasteiger partial charge in [-0.3, -0.25) is 4.98 Å². The van der Waals surface area contributed by atoms with Crippen LogP contribution in [-0.4, -0.2) is 48.8 Å². The van der Waals surface area contributed by atoms with Gasteiger partial charge in [-0.15, -0.1) is 0 Å². The van der Waals surface area contributed by atoms with Crippen molar-refractivity contribution in [1.29, 1.82) is 0 Å². The van der Waals surface area contributed by atoms with Gasteiger partial charge in [0.25, 0.3) is 0 Å². The molecule has 3 heterocycles. The highest BCUT2D eigenvalue weighted by Crippen LogP contribution is 2.29. The molecule has 1 aromatic carbocycles. The summed E-state index contributed by atoms with van der Waals surface area (Å²) in [5, 5.41) is 4.40. The molecule has 4 rings (SSSR count). The van der Waals surface area contributed by atoms with E-state index in [0.717, 1.165) is 47.7 Å². The number of esters is 1. The Balaban J connectivity index is 1.63. The lowest BCUT2D eigenvalue weighted by Crippen LogP contribution is -2.41. The first-order valence-corrected chi connectivity index (χ1v) is 9.21. The van der Waals surface area contributed by atoms with Crippen molar-refractivity contribution in [3.8, 4) is 0 Å². The maximum Gasteiger partial charge on any atom is 0.356 e. The first kappa shape index (κ1) is 18.2. The summed E-state index contributed by atoms with van der Waals surface area (Å²) in [5.74, 6) is -0.453. The van der Waals surface area contributed by atoms with Crippen LogP contribution >= 0.6 is 0 Å². The lowest BCUT2D eigenvalue weighted by atomic mass is 10.1. The van der Waals surface area contributed by atoms with Crippen molar-refractivity contribution in [2.45, 2.75) is 13.0 Å². The highest BCUT2D eigenvalue weighted by Gasteiger charge is 2.17. The molecule has 28 heavy (non-hydrogen) atoms. The van der Waals surface area contributed by atoms with Gasteiger partial charge < -0.3 is 19.7 Å². The molecule has 0 saturated carbocycles. The van der Waals surface area contributed by atoms with Crippen LogP contribution in [0.2, 0.25) is 0 Å². The van der Waals surface area contributed by atoms with E-state index in [-0.39, 0.29) is 11.8 Å². The standard InChI is InChI=1S/C21H22N4O3/c1-14-13-25(9-10-28-14)16-4-6-18-17(11-16)19(7-8-22-18)24-15-3-5-20(23-12-15)21(26)27-2/h3-8,11-12,14H,9-10,13H2,1-2H3,(H,22,24). The fourth-order valence-electron chi connectivity index (χ4n) is 3.34. The normalized spacial score (nSPS) is 16.8. The predicted octanol–water partition coefficient (Wildman–Crippen LogP) is 3.39. The molecule has 1 atom stereocenters. The molecule has 144 valence electrons. The van der Waals surface area contributed by atoms with Crippen molar-refractivity contribution in [2.75, 3.05) is 37.0 Å². The quantitative estimate of drug-likeness (QED) is 0.697. The van der Waals surface area contributed by atoms with Crippen molar-refractivity contribution >= 4 is 33.9 Å². The van der Waals surface area contributed by atoms with Gasteiger partial charge in [-0.1, -0.05) is 0 Å². The minimum atomic E-state index is -0.453. The Labute approximate surface area is 163 Å². The van der Waals surface area contributed by atoms with Crippen LogP contribution in [0, 0.1) is 0 Å². The first-order chi connectivity index (χ1) is 13.6. The van der Waals surface area contributed by atoms with E-state index in [1.54, 1.807) is 24.5 Å². The predicted molar refractivity (Wildman–Crippen MR) is 108 cm³/mol. The zero-order chi connectivity index (χ0) is 19.5. The van der Waals surface area contributed by atoms with Crippen LogP contribution in [0.4, 0.5) is 17.1 Å². The smallest absolute Gasteiger partial charge is 0.356 e. The second-order valence-corrected chi connectivity index (χ2v) is 6.74. The molecule has 0 spiro atoms. The van der Waals surface area contributed by atoms with Gasteiger partial charge in [-0.25, -0.2) is 9.78 Å². The van der Waals surface area contributed by atoms with E-state index in [0.29, 0.717) is 0 Å². The number of morpholine rings is 1. The monoisotopic (exact) mass is 378 g/mol. The third-order valence-corrected chi connectivity index (χ3v) is 4.77. The van der Waals surface area contributed by atoms with E-state index >= 15 is 0 Å². The number of carbonyl (C=O) groups excluding carboxylic acids is 1. The minimum Gasteiger partial charge on any atom is -0.464 e. The maximum atomic E-state index is 11.5. The number of nitrogens with zero attached hydrogens (tertiary/aromatic N) is 3. The molecule has 0 bridgehead atoms. The van der Waals surface area contributed by atoms with E-state index in [1.165, 1.54) is 7.11 Å². The van der Waals surface area contributed by atoms with Crippen LogP contribution in [-0.2, 0) is 9.47 Å². The SMILES string of the molecule is COC(=O)c1ccc(Nc2ccnc3ccc(N4CCOC(C)C4)cc23)cn1. The van der Waals surface area contributed by atoms with E-state index in [1.807, 2.05) is 12.1 Å². The minimum absolute atomic E-state index is 0.218. The Kier molecular flexibility index (Phi) is 5.08. The second-order valence-electron chi connectivity index (χ2n) is 6.74. The summed E-state index contributed by atoms with van der Waals surface area (Å²) in [5.41, 5.74) is 4.05. The molecule has 1 aliphatic heterocycles. The number of nitrogens with one attached hydrogen (secondary N) is 1. The molecule has 3 aromatic rings. The van der Waals surface area contributed by atoms with Crippen LogP contribution in [0.15, 0.2) is 48.8 Å². The highest BCUT2D eigenvalue weighted by atomic mass is 16.5. The summed E-state index contributed by atoms with van der Waals surface area (Å²) in [6.07, 6.45) is 3.61. The number of aromatic nitrogens is 2. The lowest BCUT2D eigenvalue weighted by Gasteiger charge is -2.33. The second kappa shape index (κ2) is 7.82. The van der Waals surface area contributed by atoms with Gasteiger partial charge in [0.1, 0.15) is 5.69 Å². The highest BCUT2D eigenvalue weighted by molar-refractivity contribution is 5.95. The van der Waals surface area contributed by atoms with Crippen LogP contribution in [0.3, 0.4) is 0 Å². The molecule has 0 radical (unpaired) electrons. The number of benzene rings is 1. The van der Waals surface area contributed by atoms with Crippen LogP contribution in [0.25, 0.3) is 10.9 Å². The third-order valence-electron chi connectivity index (χ3n) is 4.77. The van der Waals surface area contributed by atoms with Gasteiger partial charge in [0, 0.05) is 36.0 Å². The van der Waals surface area contributed by atoms with Crippen molar-refractivity contribution in [3.63, 3.8) is 0 Å². The molecular formula is C21H22N4O3. The van der Waals surface area contributed by atoms with Gasteiger partial charge >= 0.3 is 5.97 Å². The summed E-state index contributed by atoms with van der Waals surface area (Å²) in [6, 6.07) is 11.7. The average molecular weight is 378 g/mol. The van der Waals surface area contributed by atoms with Crippen molar-refractivity contribution in [3.05, 3.63) is 54.5 Å². The summed E-state index contributed by atoms with van der Waals surface area (Å²) in [4.78, 5) is 22.5. The van der Waals surface area contributed by atoms with E-state index in [4.69, 9.17) is 4.74 Å². The fraction of sp³-hybridized carbons (Fsp3) is 0.286. The van der Waals surface area contributed by atoms with Gasteiger partial charge in [-0.2, -0.15) is 0 Å². The van der Waals surface area contributed by atoms with Crippen molar-refractivity contribution < 1.29 is 14.3 Å².